The number of amides is 1. The van der Waals surface area contributed by atoms with E-state index in [9.17, 15) is 4.79 Å². The fourth-order valence-electron chi connectivity index (χ4n) is 2.91. The number of aryl methyl sites for hydroxylation is 1. The van der Waals surface area contributed by atoms with E-state index < -0.39 is 0 Å². The van der Waals surface area contributed by atoms with Crippen LogP contribution in [0, 0.1) is 11.3 Å². The SMILES string of the molecule is Cn1nc(CC#N)cc1N1CCN(C(=O)OCc2ccccc2)CC1. The first-order valence-corrected chi connectivity index (χ1v) is 8.28. The summed E-state index contributed by atoms with van der Waals surface area (Å²) in [7, 11) is 1.87. The summed E-state index contributed by atoms with van der Waals surface area (Å²) in [6, 6.07) is 13.7. The lowest BCUT2D eigenvalue weighted by Crippen LogP contribution is -2.49. The highest BCUT2D eigenvalue weighted by atomic mass is 16.6. The Morgan fingerprint density at radius 3 is 2.64 bits per heavy atom. The molecule has 1 aromatic heterocycles. The highest BCUT2D eigenvalue weighted by Gasteiger charge is 2.24. The van der Waals surface area contributed by atoms with Crippen molar-refractivity contribution in [3.63, 3.8) is 0 Å². The lowest BCUT2D eigenvalue weighted by molar-refractivity contribution is 0.0941. The molecule has 130 valence electrons. The van der Waals surface area contributed by atoms with Crippen LogP contribution in [0.3, 0.4) is 0 Å². The second-order valence-electron chi connectivity index (χ2n) is 5.97. The van der Waals surface area contributed by atoms with Crippen molar-refractivity contribution in [1.29, 1.82) is 5.26 Å². The Morgan fingerprint density at radius 1 is 1.24 bits per heavy atom. The number of benzene rings is 1. The minimum absolute atomic E-state index is 0.279. The van der Waals surface area contributed by atoms with Gasteiger partial charge in [-0.2, -0.15) is 10.4 Å². The normalized spacial score (nSPS) is 14.2. The highest BCUT2D eigenvalue weighted by molar-refractivity contribution is 5.68. The summed E-state index contributed by atoms with van der Waals surface area (Å²) in [5.74, 6) is 0.975. The summed E-state index contributed by atoms with van der Waals surface area (Å²) in [6.07, 6.45) is 0.0262. The monoisotopic (exact) mass is 339 g/mol. The van der Waals surface area contributed by atoms with Crippen molar-refractivity contribution in [3.05, 3.63) is 47.7 Å². The molecule has 0 saturated carbocycles. The maximum atomic E-state index is 12.2. The number of ether oxygens (including phenoxy) is 1. The number of piperazine rings is 1. The Bertz CT molecular complexity index is 758. The van der Waals surface area contributed by atoms with E-state index in [0.717, 1.165) is 17.1 Å². The smallest absolute Gasteiger partial charge is 0.410 e. The van der Waals surface area contributed by atoms with Gasteiger partial charge in [-0.25, -0.2) is 4.79 Å². The topological polar surface area (TPSA) is 74.4 Å². The average molecular weight is 339 g/mol. The third-order valence-electron chi connectivity index (χ3n) is 4.23. The van der Waals surface area contributed by atoms with Crippen LogP contribution in [0.5, 0.6) is 0 Å². The molecule has 0 unspecified atom stereocenters. The highest BCUT2D eigenvalue weighted by Crippen LogP contribution is 2.18. The van der Waals surface area contributed by atoms with Crippen molar-refractivity contribution in [1.82, 2.24) is 14.7 Å². The average Bonchev–Trinajstić information content (AvgIpc) is 3.01. The Kier molecular flexibility index (Phi) is 5.19. The number of aromatic nitrogens is 2. The molecule has 1 aliphatic heterocycles. The zero-order valence-electron chi connectivity index (χ0n) is 14.3. The second kappa shape index (κ2) is 7.71. The molecule has 2 heterocycles. The Balaban J connectivity index is 1.51. The maximum Gasteiger partial charge on any atom is 0.410 e. The van der Waals surface area contributed by atoms with Gasteiger partial charge in [0.2, 0.25) is 0 Å². The minimum atomic E-state index is -0.279. The van der Waals surface area contributed by atoms with Crippen LogP contribution < -0.4 is 4.90 Å². The third-order valence-corrected chi connectivity index (χ3v) is 4.23. The van der Waals surface area contributed by atoms with Crippen LogP contribution in [-0.2, 0) is 24.8 Å². The summed E-state index contributed by atoms with van der Waals surface area (Å²) in [6.45, 7) is 2.93. The van der Waals surface area contributed by atoms with Gasteiger partial charge in [-0.1, -0.05) is 30.3 Å². The molecule has 0 atom stereocenters. The molecule has 0 N–H and O–H groups in total. The summed E-state index contributed by atoms with van der Waals surface area (Å²) >= 11 is 0. The number of carbonyl (C=O) groups excluding carboxylic acids is 1. The molecule has 1 aromatic carbocycles. The Hall–Kier alpha value is -3.01. The lowest BCUT2D eigenvalue weighted by atomic mass is 10.2. The van der Waals surface area contributed by atoms with Gasteiger partial charge >= 0.3 is 6.09 Å². The predicted molar refractivity (Wildman–Crippen MR) is 92.9 cm³/mol. The fraction of sp³-hybridized carbons (Fsp3) is 0.389. The number of rotatable bonds is 4. The molecule has 2 aromatic rings. The first kappa shape index (κ1) is 16.8. The molecule has 0 spiro atoms. The summed E-state index contributed by atoms with van der Waals surface area (Å²) in [5, 5.41) is 13.1. The van der Waals surface area contributed by atoms with Gasteiger partial charge in [-0.15, -0.1) is 0 Å². The van der Waals surface area contributed by atoms with Crippen molar-refractivity contribution in [2.75, 3.05) is 31.1 Å². The van der Waals surface area contributed by atoms with E-state index in [-0.39, 0.29) is 6.09 Å². The summed E-state index contributed by atoms with van der Waals surface area (Å²) in [5.41, 5.74) is 1.75. The van der Waals surface area contributed by atoms with Gasteiger partial charge in [0.05, 0.1) is 18.2 Å². The van der Waals surface area contributed by atoms with Crippen LogP contribution in [0.1, 0.15) is 11.3 Å². The molecule has 7 heteroatoms. The molecule has 1 saturated heterocycles. The zero-order valence-corrected chi connectivity index (χ0v) is 14.3. The first-order valence-electron chi connectivity index (χ1n) is 8.28. The number of hydrogen-bond donors (Lipinski definition) is 0. The molecule has 0 aliphatic carbocycles. The largest absolute Gasteiger partial charge is 0.445 e. The predicted octanol–water partition coefficient (Wildman–Crippen LogP) is 1.94. The summed E-state index contributed by atoms with van der Waals surface area (Å²) in [4.78, 5) is 16.1. The van der Waals surface area contributed by atoms with E-state index in [1.54, 1.807) is 9.58 Å². The van der Waals surface area contributed by atoms with Gasteiger partial charge in [-0.3, -0.25) is 4.68 Å². The molecule has 25 heavy (non-hydrogen) atoms. The van der Waals surface area contributed by atoms with Crippen LogP contribution in [0.4, 0.5) is 10.6 Å². The van der Waals surface area contributed by atoms with Gasteiger partial charge in [0.15, 0.2) is 0 Å². The van der Waals surface area contributed by atoms with Crippen LogP contribution in [0.2, 0.25) is 0 Å². The first-order chi connectivity index (χ1) is 12.2. The van der Waals surface area contributed by atoms with Gasteiger partial charge in [-0.05, 0) is 5.56 Å². The van der Waals surface area contributed by atoms with Crippen LogP contribution in [0.25, 0.3) is 0 Å². The van der Waals surface area contributed by atoms with Gasteiger partial charge in [0.25, 0.3) is 0 Å². The van der Waals surface area contributed by atoms with E-state index in [1.165, 1.54) is 0 Å². The lowest BCUT2D eigenvalue weighted by Gasteiger charge is -2.35. The van der Waals surface area contributed by atoms with E-state index in [4.69, 9.17) is 10.00 Å². The number of nitrogens with zero attached hydrogens (tertiary/aromatic N) is 5. The molecule has 1 fully saturated rings. The molecule has 1 aliphatic rings. The Labute approximate surface area is 147 Å². The van der Waals surface area contributed by atoms with Crippen molar-refractivity contribution in [2.45, 2.75) is 13.0 Å². The number of anilines is 1. The quantitative estimate of drug-likeness (QED) is 0.851. The van der Waals surface area contributed by atoms with Crippen molar-refractivity contribution < 1.29 is 9.53 Å². The Morgan fingerprint density at radius 2 is 1.96 bits per heavy atom. The molecular weight excluding hydrogens is 318 g/mol. The maximum absolute atomic E-state index is 12.2. The van der Waals surface area contributed by atoms with E-state index in [2.05, 4.69) is 16.1 Å². The van der Waals surface area contributed by atoms with E-state index in [0.29, 0.717) is 39.2 Å². The number of hydrogen-bond acceptors (Lipinski definition) is 5. The van der Waals surface area contributed by atoms with Gasteiger partial charge in [0, 0.05) is 39.3 Å². The zero-order chi connectivity index (χ0) is 17.6. The van der Waals surface area contributed by atoms with E-state index >= 15 is 0 Å². The van der Waals surface area contributed by atoms with Crippen molar-refractivity contribution in [2.24, 2.45) is 7.05 Å². The van der Waals surface area contributed by atoms with Gasteiger partial charge < -0.3 is 14.5 Å². The summed E-state index contributed by atoms with van der Waals surface area (Å²) < 4.78 is 7.17. The van der Waals surface area contributed by atoms with Gasteiger partial charge in [0.1, 0.15) is 12.4 Å². The second-order valence-corrected chi connectivity index (χ2v) is 5.97. The molecular formula is C18H21N5O2. The molecule has 0 bridgehead atoms. The molecule has 1 amide bonds. The minimum Gasteiger partial charge on any atom is -0.445 e. The van der Waals surface area contributed by atoms with Crippen molar-refractivity contribution in [3.8, 4) is 6.07 Å². The van der Waals surface area contributed by atoms with Crippen LogP contribution in [0.15, 0.2) is 36.4 Å². The van der Waals surface area contributed by atoms with Crippen molar-refractivity contribution >= 4 is 11.9 Å². The number of nitriles is 1. The van der Waals surface area contributed by atoms with Crippen LogP contribution >= 0.6 is 0 Å². The fourth-order valence-corrected chi connectivity index (χ4v) is 2.91. The molecule has 7 nitrogen and oxygen atoms in total. The molecule has 0 radical (unpaired) electrons. The van der Waals surface area contributed by atoms with E-state index in [1.807, 2.05) is 43.4 Å². The number of carbonyl (C=O) groups is 1. The third kappa shape index (κ3) is 4.10. The van der Waals surface area contributed by atoms with Crippen LogP contribution in [-0.4, -0.2) is 47.0 Å². The molecule has 3 rings (SSSR count). The standard InChI is InChI=1S/C18H21N5O2/c1-21-17(13-16(20-21)7-8-19)22-9-11-23(12-10-22)18(24)25-14-15-5-3-2-4-6-15/h2-6,13H,7,9-12,14H2,1H3.